The molecule has 0 saturated carbocycles. The van der Waals surface area contributed by atoms with Crippen molar-refractivity contribution in [3.05, 3.63) is 96.1 Å². The standard InChI is InChI=1S/C24H27NO2/c1-20(22-10-6-3-7-11-22)18-25-16-17-26-23-12-14-24(15-13-23)27-19-21-8-4-2-5-9-21/h2-15,20,25H,16-19H2,1H3. The van der Waals surface area contributed by atoms with Crippen LogP contribution in [0, 0.1) is 0 Å². The fraction of sp³-hybridized carbons (Fsp3) is 0.250. The summed E-state index contributed by atoms with van der Waals surface area (Å²) in [6.45, 7) is 5.22. The fourth-order valence-electron chi connectivity index (χ4n) is 2.83. The summed E-state index contributed by atoms with van der Waals surface area (Å²) in [4.78, 5) is 0. The smallest absolute Gasteiger partial charge is 0.120 e. The predicted molar refractivity (Wildman–Crippen MR) is 110 cm³/mol. The molecule has 0 fully saturated rings. The van der Waals surface area contributed by atoms with E-state index in [4.69, 9.17) is 9.47 Å². The van der Waals surface area contributed by atoms with Gasteiger partial charge in [-0.05, 0) is 41.3 Å². The maximum Gasteiger partial charge on any atom is 0.120 e. The fourth-order valence-corrected chi connectivity index (χ4v) is 2.83. The zero-order valence-corrected chi connectivity index (χ0v) is 15.8. The monoisotopic (exact) mass is 361 g/mol. The Hall–Kier alpha value is -2.78. The molecule has 0 saturated heterocycles. The zero-order valence-electron chi connectivity index (χ0n) is 15.8. The average Bonchev–Trinajstić information content (AvgIpc) is 2.74. The van der Waals surface area contributed by atoms with Crippen molar-refractivity contribution >= 4 is 0 Å². The van der Waals surface area contributed by atoms with Gasteiger partial charge >= 0.3 is 0 Å². The summed E-state index contributed by atoms with van der Waals surface area (Å²) in [5, 5.41) is 3.45. The third-order valence-electron chi connectivity index (χ3n) is 4.44. The van der Waals surface area contributed by atoms with Crippen LogP contribution in [0.4, 0.5) is 0 Å². The molecule has 0 heterocycles. The van der Waals surface area contributed by atoms with Crippen LogP contribution < -0.4 is 14.8 Å². The lowest BCUT2D eigenvalue weighted by molar-refractivity contribution is 0.300. The van der Waals surface area contributed by atoms with E-state index in [9.17, 15) is 0 Å². The van der Waals surface area contributed by atoms with Gasteiger partial charge in [0.25, 0.3) is 0 Å². The van der Waals surface area contributed by atoms with Crippen LogP contribution in [0.2, 0.25) is 0 Å². The molecule has 3 aromatic carbocycles. The Bertz CT molecular complexity index is 772. The molecule has 0 bridgehead atoms. The van der Waals surface area contributed by atoms with Crippen molar-refractivity contribution < 1.29 is 9.47 Å². The Morgan fingerprint density at radius 1 is 0.741 bits per heavy atom. The largest absolute Gasteiger partial charge is 0.492 e. The molecule has 3 heteroatoms. The third kappa shape index (κ3) is 6.46. The van der Waals surface area contributed by atoms with Gasteiger partial charge in [0.05, 0.1) is 0 Å². The Kier molecular flexibility index (Phi) is 7.31. The minimum Gasteiger partial charge on any atom is -0.492 e. The molecule has 0 aromatic heterocycles. The first-order valence-electron chi connectivity index (χ1n) is 9.46. The number of nitrogens with one attached hydrogen (secondary N) is 1. The van der Waals surface area contributed by atoms with Gasteiger partial charge in [0.2, 0.25) is 0 Å². The van der Waals surface area contributed by atoms with E-state index in [1.807, 2.05) is 42.5 Å². The highest BCUT2D eigenvalue weighted by Crippen LogP contribution is 2.18. The molecule has 0 radical (unpaired) electrons. The van der Waals surface area contributed by atoms with Gasteiger partial charge in [0.15, 0.2) is 0 Å². The lowest BCUT2D eigenvalue weighted by Gasteiger charge is -2.13. The van der Waals surface area contributed by atoms with Crippen LogP contribution in [0.1, 0.15) is 24.0 Å². The van der Waals surface area contributed by atoms with Gasteiger partial charge in [0.1, 0.15) is 24.7 Å². The highest BCUT2D eigenvalue weighted by Gasteiger charge is 2.04. The zero-order chi connectivity index (χ0) is 18.7. The lowest BCUT2D eigenvalue weighted by atomic mass is 10.0. The van der Waals surface area contributed by atoms with Gasteiger partial charge in [-0.15, -0.1) is 0 Å². The summed E-state index contributed by atoms with van der Waals surface area (Å²) in [6.07, 6.45) is 0. The molecule has 0 spiro atoms. The Morgan fingerprint density at radius 3 is 2.00 bits per heavy atom. The quantitative estimate of drug-likeness (QED) is 0.513. The van der Waals surface area contributed by atoms with E-state index in [1.54, 1.807) is 0 Å². The van der Waals surface area contributed by atoms with E-state index in [-0.39, 0.29) is 0 Å². The molecule has 1 unspecified atom stereocenters. The minimum atomic E-state index is 0.493. The number of benzene rings is 3. The van der Waals surface area contributed by atoms with Crippen molar-refractivity contribution in [2.75, 3.05) is 19.7 Å². The van der Waals surface area contributed by atoms with Gasteiger partial charge < -0.3 is 14.8 Å². The highest BCUT2D eigenvalue weighted by molar-refractivity contribution is 5.31. The van der Waals surface area contributed by atoms with E-state index < -0.39 is 0 Å². The average molecular weight is 361 g/mol. The summed E-state index contributed by atoms with van der Waals surface area (Å²) in [5.74, 6) is 2.20. The number of hydrogen-bond donors (Lipinski definition) is 1. The minimum absolute atomic E-state index is 0.493. The van der Waals surface area contributed by atoms with Crippen molar-refractivity contribution in [1.29, 1.82) is 0 Å². The van der Waals surface area contributed by atoms with Crippen molar-refractivity contribution in [1.82, 2.24) is 5.32 Å². The second-order valence-corrected chi connectivity index (χ2v) is 6.61. The van der Waals surface area contributed by atoms with Crippen LogP contribution in [0.15, 0.2) is 84.9 Å². The molecule has 3 nitrogen and oxygen atoms in total. The molecule has 27 heavy (non-hydrogen) atoms. The normalized spacial score (nSPS) is 11.7. The van der Waals surface area contributed by atoms with Gasteiger partial charge in [-0.1, -0.05) is 67.6 Å². The van der Waals surface area contributed by atoms with E-state index in [2.05, 4.69) is 54.7 Å². The van der Waals surface area contributed by atoms with Crippen LogP contribution in [0.3, 0.4) is 0 Å². The molecule has 0 aliphatic heterocycles. The van der Waals surface area contributed by atoms with Gasteiger partial charge in [0, 0.05) is 13.1 Å². The number of hydrogen-bond acceptors (Lipinski definition) is 3. The molecule has 1 N–H and O–H groups in total. The van der Waals surface area contributed by atoms with E-state index in [0.717, 1.165) is 30.2 Å². The second kappa shape index (κ2) is 10.4. The number of rotatable bonds is 10. The Labute approximate surface area is 162 Å². The van der Waals surface area contributed by atoms with E-state index in [1.165, 1.54) is 5.56 Å². The summed E-state index contributed by atoms with van der Waals surface area (Å²) in [7, 11) is 0. The summed E-state index contributed by atoms with van der Waals surface area (Å²) >= 11 is 0. The first-order chi connectivity index (χ1) is 13.3. The maximum atomic E-state index is 5.79. The van der Waals surface area contributed by atoms with Crippen molar-refractivity contribution in [3.8, 4) is 11.5 Å². The molecule has 0 amide bonds. The van der Waals surface area contributed by atoms with Crippen LogP contribution in [0.25, 0.3) is 0 Å². The summed E-state index contributed by atoms with van der Waals surface area (Å²) in [5.41, 5.74) is 2.52. The van der Waals surface area contributed by atoms with Crippen molar-refractivity contribution in [2.45, 2.75) is 19.4 Å². The van der Waals surface area contributed by atoms with Crippen LogP contribution in [0.5, 0.6) is 11.5 Å². The third-order valence-corrected chi connectivity index (χ3v) is 4.44. The van der Waals surface area contributed by atoms with Crippen molar-refractivity contribution in [3.63, 3.8) is 0 Å². The molecule has 1 atom stereocenters. The van der Waals surface area contributed by atoms with Gasteiger partial charge in [-0.25, -0.2) is 0 Å². The molecule has 3 aromatic rings. The second-order valence-electron chi connectivity index (χ2n) is 6.61. The first-order valence-corrected chi connectivity index (χ1v) is 9.46. The van der Waals surface area contributed by atoms with E-state index in [0.29, 0.717) is 19.1 Å². The molecule has 140 valence electrons. The van der Waals surface area contributed by atoms with Crippen LogP contribution in [-0.2, 0) is 6.61 Å². The first kappa shape index (κ1) is 19.0. The summed E-state index contributed by atoms with van der Waals surface area (Å²) in [6, 6.07) is 28.5. The molecule has 0 aliphatic rings. The highest BCUT2D eigenvalue weighted by atomic mass is 16.5. The molecule has 0 aliphatic carbocycles. The lowest BCUT2D eigenvalue weighted by Crippen LogP contribution is -2.25. The van der Waals surface area contributed by atoms with Gasteiger partial charge in [-0.3, -0.25) is 0 Å². The van der Waals surface area contributed by atoms with Gasteiger partial charge in [-0.2, -0.15) is 0 Å². The Balaban J connectivity index is 1.33. The predicted octanol–water partition coefficient (Wildman–Crippen LogP) is 5.04. The Morgan fingerprint density at radius 2 is 1.33 bits per heavy atom. The maximum absolute atomic E-state index is 5.79. The number of ether oxygens (including phenoxy) is 2. The van der Waals surface area contributed by atoms with Crippen LogP contribution in [-0.4, -0.2) is 19.7 Å². The van der Waals surface area contributed by atoms with Crippen molar-refractivity contribution in [2.24, 2.45) is 0 Å². The molecular formula is C24H27NO2. The van der Waals surface area contributed by atoms with Crippen LogP contribution >= 0.6 is 0 Å². The SMILES string of the molecule is CC(CNCCOc1ccc(OCc2ccccc2)cc1)c1ccccc1. The molecule has 3 rings (SSSR count). The summed E-state index contributed by atoms with van der Waals surface area (Å²) < 4.78 is 11.6. The topological polar surface area (TPSA) is 30.5 Å². The van der Waals surface area contributed by atoms with E-state index >= 15 is 0 Å². The molecular weight excluding hydrogens is 334 g/mol.